The van der Waals surface area contributed by atoms with Gasteiger partial charge < -0.3 is 13.9 Å². The van der Waals surface area contributed by atoms with Gasteiger partial charge in [-0.2, -0.15) is 0 Å². The van der Waals surface area contributed by atoms with Crippen LogP contribution in [0.5, 0.6) is 0 Å². The first-order valence-corrected chi connectivity index (χ1v) is 8.83. The number of hydrogen-bond donors (Lipinski definition) is 0. The number of fused-ring (bicyclic) bond motifs is 2. The molecule has 130 valence electrons. The van der Waals surface area contributed by atoms with Crippen LogP contribution in [0.25, 0.3) is 0 Å². The van der Waals surface area contributed by atoms with Crippen molar-refractivity contribution in [3.63, 3.8) is 0 Å². The summed E-state index contributed by atoms with van der Waals surface area (Å²) in [5.41, 5.74) is 1.43. The molecule has 1 aromatic rings. The van der Waals surface area contributed by atoms with E-state index in [4.69, 9.17) is 13.9 Å². The Morgan fingerprint density at radius 2 is 2.12 bits per heavy atom. The van der Waals surface area contributed by atoms with Crippen molar-refractivity contribution in [1.82, 2.24) is 0 Å². The molecule has 0 bridgehead atoms. The molecule has 5 rings (SSSR count). The zero-order chi connectivity index (χ0) is 17.2. The van der Waals surface area contributed by atoms with E-state index in [0.29, 0.717) is 13.0 Å². The highest BCUT2D eigenvalue weighted by Gasteiger charge is 2.63. The van der Waals surface area contributed by atoms with E-state index in [2.05, 4.69) is 13.0 Å². The highest BCUT2D eigenvalue weighted by molar-refractivity contribution is 5.81. The van der Waals surface area contributed by atoms with E-state index < -0.39 is 0 Å². The predicted octanol–water partition coefficient (Wildman–Crippen LogP) is 3.34. The SMILES string of the molecule is CC12CC(c3ccoc3)OC(=O)C1CCC13COC(=O)C1C=CC=C23. The summed E-state index contributed by atoms with van der Waals surface area (Å²) in [5.74, 6) is -0.688. The summed E-state index contributed by atoms with van der Waals surface area (Å²) >= 11 is 0. The molecule has 2 aliphatic heterocycles. The van der Waals surface area contributed by atoms with Crippen molar-refractivity contribution in [3.8, 4) is 0 Å². The van der Waals surface area contributed by atoms with Gasteiger partial charge in [-0.15, -0.1) is 0 Å². The second kappa shape index (κ2) is 4.87. The van der Waals surface area contributed by atoms with Crippen molar-refractivity contribution in [2.75, 3.05) is 6.61 Å². The van der Waals surface area contributed by atoms with Gasteiger partial charge in [-0.1, -0.05) is 30.7 Å². The van der Waals surface area contributed by atoms with Crippen molar-refractivity contribution < 1.29 is 23.5 Å². The third-order valence-corrected chi connectivity index (χ3v) is 6.75. The summed E-state index contributed by atoms with van der Waals surface area (Å²) in [6.07, 6.45) is 11.1. The number of furan rings is 1. The second-order valence-corrected chi connectivity index (χ2v) is 7.90. The predicted molar refractivity (Wildman–Crippen MR) is 87.1 cm³/mol. The number of allylic oxidation sites excluding steroid dienone is 2. The molecule has 5 heteroatoms. The Labute approximate surface area is 145 Å². The minimum Gasteiger partial charge on any atom is -0.472 e. The molecule has 0 amide bonds. The lowest BCUT2D eigenvalue weighted by molar-refractivity contribution is -0.175. The molecule has 0 aromatic carbocycles. The molecule has 0 N–H and O–H groups in total. The first kappa shape index (κ1) is 15.0. The first-order chi connectivity index (χ1) is 12.0. The topological polar surface area (TPSA) is 65.7 Å². The van der Waals surface area contributed by atoms with Crippen LogP contribution in [-0.2, 0) is 19.1 Å². The summed E-state index contributed by atoms with van der Waals surface area (Å²) in [5, 5.41) is 0. The van der Waals surface area contributed by atoms with Crippen LogP contribution in [0.4, 0.5) is 0 Å². The van der Waals surface area contributed by atoms with E-state index in [1.54, 1.807) is 12.5 Å². The van der Waals surface area contributed by atoms with Gasteiger partial charge in [-0.25, -0.2) is 0 Å². The molecule has 0 radical (unpaired) electrons. The van der Waals surface area contributed by atoms with Crippen molar-refractivity contribution in [2.24, 2.45) is 22.7 Å². The molecule has 1 saturated carbocycles. The molecule has 4 aliphatic rings. The van der Waals surface area contributed by atoms with Gasteiger partial charge in [0.05, 0.1) is 24.4 Å². The van der Waals surface area contributed by atoms with Crippen LogP contribution in [0.3, 0.4) is 0 Å². The molecule has 5 atom stereocenters. The third-order valence-electron chi connectivity index (χ3n) is 6.75. The molecule has 5 nitrogen and oxygen atoms in total. The third kappa shape index (κ3) is 1.84. The number of carbonyl (C=O) groups excluding carboxylic acids is 2. The van der Waals surface area contributed by atoms with E-state index in [9.17, 15) is 9.59 Å². The number of rotatable bonds is 1. The average molecular weight is 340 g/mol. The van der Waals surface area contributed by atoms with Crippen LogP contribution in [0.1, 0.15) is 37.9 Å². The van der Waals surface area contributed by atoms with Crippen LogP contribution in [0.2, 0.25) is 0 Å². The van der Waals surface area contributed by atoms with Gasteiger partial charge in [0.1, 0.15) is 12.7 Å². The van der Waals surface area contributed by atoms with Gasteiger partial charge in [0, 0.05) is 16.4 Å². The fourth-order valence-electron chi connectivity index (χ4n) is 5.49. The lowest BCUT2D eigenvalue weighted by atomic mass is 9.49. The van der Waals surface area contributed by atoms with E-state index in [-0.39, 0.29) is 40.7 Å². The Morgan fingerprint density at radius 3 is 2.92 bits per heavy atom. The molecule has 3 fully saturated rings. The van der Waals surface area contributed by atoms with Crippen molar-refractivity contribution >= 4 is 11.9 Å². The number of carbonyl (C=O) groups is 2. The second-order valence-electron chi connectivity index (χ2n) is 7.90. The smallest absolute Gasteiger partial charge is 0.313 e. The van der Waals surface area contributed by atoms with Gasteiger partial charge in [0.25, 0.3) is 0 Å². The Bertz CT molecular complexity index is 804. The van der Waals surface area contributed by atoms with Crippen LogP contribution in [0, 0.1) is 22.7 Å². The van der Waals surface area contributed by atoms with Crippen molar-refractivity contribution in [2.45, 2.75) is 32.3 Å². The highest BCUT2D eigenvalue weighted by Crippen LogP contribution is 2.64. The summed E-state index contributed by atoms with van der Waals surface area (Å²) in [7, 11) is 0. The van der Waals surface area contributed by atoms with E-state index in [0.717, 1.165) is 18.4 Å². The number of ether oxygens (including phenoxy) is 2. The average Bonchev–Trinajstić information content (AvgIpc) is 3.23. The molecule has 1 spiro atoms. The largest absolute Gasteiger partial charge is 0.472 e. The summed E-state index contributed by atoms with van der Waals surface area (Å²) in [6, 6.07) is 1.85. The number of hydrogen-bond acceptors (Lipinski definition) is 5. The van der Waals surface area contributed by atoms with Crippen LogP contribution >= 0.6 is 0 Å². The minimum atomic E-state index is -0.341. The van der Waals surface area contributed by atoms with E-state index in [1.165, 1.54) is 5.57 Å². The monoisotopic (exact) mass is 340 g/mol. The van der Waals surface area contributed by atoms with Gasteiger partial charge in [-0.05, 0) is 25.3 Å². The van der Waals surface area contributed by atoms with Crippen LogP contribution in [0.15, 0.2) is 46.8 Å². The fraction of sp³-hybridized carbons (Fsp3) is 0.500. The molecular weight excluding hydrogens is 320 g/mol. The molecule has 2 aliphatic carbocycles. The molecule has 2 saturated heterocycles. The molecule has 5 unspecified atom stereocenters. The van der Waals surface area contributed by atoms with E-state index >= 15 is 0 Å². The summed E-state index contributed by atoms with van der Waals surface area (Å²) < 4.78 is 16.4. The maximum Gasteiger partial charge on any atom is 0.313 e. The van der Waals surface area contributed by atoms with Gasteiger partial charge in [0.2, 0.25) is 0 Å². The first-order valence-electron chi connectivity index (χ1n) is 8.83. The van der Waals surface area contributed by atoms with Crippen molar-refractivity contribution in [1.29, 1.82) is 0 Å². The van der Waals surface area contributed by atoms with Crippen molar-refractivity contribution in [3.05, 3.63) is 48.0 Å². The van der Waals surface area contributed by atoms with Gasteiger partial charge in [0.15, 0.2) is 0 Å². The number of cyclic esters (lactones) is 2. The minimum absolute atomic E-state index is 0.145. The lowest BCUT2D eigenvalue weighted by Crippen LogP contribution is -2.53. The normalized spacial score (nSPS) is 42.0. The maximum atomic E-state index is 12.8. The zero-order valence-corrected chi connectivity index (χ0v) is 14.1. The Kier molecular flexibility index (Phi) is 2.92. The van der Waals surface area contributed by atoms with Gasteiger partial charge in [-0.3, -0.25) is 9.59 Å². The maximum absolute atomic E-state index is 12.8. The zero-order valence-electron chi connectivity index (χ0n) is 14.1. The standard InChI is InChI=1S/C20H20O5/c1-19-9-15(12-6-8-23-10-12)25-18(22)13(19)5-7-20-11-24-17(21)14(20)3-2-4-16(19)20/h2-4,6,8,10,13-15H,5,7,9,11H2,1H3. The van der Waals surface area contributed by atoms with E-state index in [1.807, 2.05) is 18.2 Å². The lowest BCUT2D eigenvalue weighted by Gasteiger charge is -2.55. The Hall–Kier alpha value is -2.30. The molecule has 25 heavy (non-hydrogen) atoms. The highest BCUT2D eigenvalue weighted by atomic mass is 16.5. The summed E-state index contributed by atoms with van der Waals surface area (Å²) in [4.78, 5) is 25.0. The molecule has 3 heterocycles. The molecular formula is C20H20O5. The van der Waals surface area contributed by atoms with Crippen LogP contribution in [-0.4, -0.2) is 18.5 Å². The molecule has 1 aromatic heterocycles. The van der Waals surface area contributed by atoms with Crippen LogP contribution < -0.4 is 0 Å². The number of esters is 2. The Balaban J connectivity index is 1.60. The summed E-state index contributed by atoms with van der Waals surface area (Å²) in [6.45, 7) is 2.57. The quantitative estimate of drug-likeness (QED) is 0.734. The van der Waals surface area contributed by atoms with Gasteiger partial charge >= 0.3 is 11.9 Å². The Morgan fingerprint density at radius 1 is 1.24 bits per heavy atom. The fourth-order valence-corrected chi connectivity index (χ4v) is 5.49.